The van der Waals surface area contributed by atoms with E-state index in [4.69, 9.17) is 0 Å². The second-order valence-corrected chi connectivity index (χ2v) is 7.21. The van der Waals surface area contributed by atoms with Crippen LogP contribution >= 0.6 is 23.1 Å². The summed E-state index contributed by atoms with van der Waals surface area (Å²) < 4.78 is 0. The average molecular weight is 391 g/mol. The lowest BCUT2D eigenvalue weighted by Gasteiger charge is -2.12. The maximum Gasteiger partial charge on any atom is 0.324 e. The molecule has 0 atom stereocenters. The Morgan fingerprint density at radius 1 is 1.00 bits per heavy atom. The maximum absolute atomic E-state index is 12.4. The van der Waals surface area contributed by atoms with Crippen molar-refractivity contribution in [3.63, 3.8) is 0 Å². The van der Waals surface area contributed by atoms with E-state index in [-0.39, 0.29) is 22.1 Å². The molecule has 0 unspecified atom stereocenters. The van der Waals surface area contributed by atoms with Crippen molar-refractivity contribution in [3.8, 4) is 0 Å². The summed E-state index contributed by atoms with van der Waals surface area (Å²) in [5.74, 6) is -0.505. The monoisotopic (exact) mass is 391 g/mol. The molecule has 2 aromatic rings. The summed E-state index contributed by atoms with van der Waals surface area (Å²) in [5.41, 5.74) is 0.494. The van der Waals surface area contributed by atoms with Crippen molar-refractivity contribution >= 4 is 51.0 Å². The Labute approximate surface area is 154 Å². The molecule has 11 heteroatoms. The Bertz CT molecular complexity index is 951. The van der Waals surface area contributed by atoms with E-state index in [2.05, 4.69) is 0 Å². The predicted molar refractivity (Wildman–Crippen MR) is 95.6 cm³/mol. The zero-order valence-electron chi connectivity index (χ0n) is 12.9. The molecule has 1 aliphatic rings. The minimum Gasteiger partial charge on any atom is -0.268 e. The summed E-state index contributed by atoms with van der Waals surface area (Å²) in [4.78, 5) is 46.5. The minimum absolute atomic E-state index is 0.00934. The van der Waals surface area contributed by atoms with Gasteiger partial charge >= 0.3 is 5.00 Å². The first kappa shape index (κ1) is 17.8. The molecule has 26 heavy (non-hydrogen) atoms. The van der Waals surface area contributed by atoms with E-state index >= 15 is 0 Å². The first-order valence-corrected chi connectivity index (χ1v) is 8.71. The number of hydrogen-bond acceptors (Lipinski definition) is 8. The third-order valence-corrected chi connectivity index (χ3v) is 5.32. The van der Waals surface area contributed by atoms with Crippen LogP contribution in [0.4, 0.5) is 15.5 Å². The lowest BCUT2D eigenvalue weighted by Crippen LogP contribution is -2.27. The fourth-order valence-corrected chi connectivity index (χ4v) is 3.86. The van der Waals surface area contributed by atoms with E-state index in [1.807, 2.05) is 0 Å². The van der Waals surface area contributed by atoms with E-state index in [1.54, 1.807) is 0 Å². The molecule has 0 N–H and O–H groups in total. The van der Waals surface area contributed by atoms with Crippen molar-refractivity contribution in [1.82, 2.24) is 4.90 Å². The Morgan fingerprint density at radius 3 is 2.27 bits per heavy atom. The summed E-state index contributed by atoms with van der Waals surface area (Å²) >= 11 is 1.65. The number of amides is 2. The normalized spacial score (nSPS) is 15.7. The SMILES string of the molecule is O=C1S/C(=C\c2ccc([N+](=O)[O-])s2)C(=O)N1Cc1ccc([N+](=O)[O-])cc1. The van der Waals surface area contributed by atoms with Gasteiger partial charge in [-0.2, -0.15) is 0 Å². The zero-order chi connectivity index (χ0) is 18.8. The zero-order valence-corrected chi connectivity index (χ0v) is 14.5. The number of carbonyl (C=O) groups excluding carboxylic acids is 2. The molecule has 0 spiro atoms. The average Bonchev–Trinajstić information content (AvgIpc) is 3.16. The van der Waals surface area contributed by atoms with Crippen molar-refractivity contribution in [1.29, 1.82) is 0 Å². The second kappa shape index (κ2) is 7.06. The number of rotatable bonds is 5. The lowest BCUT2D eigenvalue weighted by atomic mass is 10.2. The fraction of sp³-hybridized carbons (Fsp3) is 0.0667. The molecule has 0 aliphatic carbocycles. The number of thiophene rings is 1. The molecule has 132 valence electrons. The summed E-state index contributed by atoms with van der Waals surface area (Å²) in [6, 6.07) is 8.40. The largest absolute Gasteiger partial charge is 0.324 e. The highest BCUT2D eigenvalue weighted by Gasteiger charge is 2.35. The van der Waals surface area contributed by atoms with Gasteiger partial charge in [-0.15, -0.1) is 0 Å². The number of thioether (sulfide) groups is 1. The van der Waals surface area contributed by atoms with Crippen LogP contribution in [0.15, 0.2) is 41.3 Å². The number of nitro benzene ring substituents is 1. The summed E-state index contributed by atoms with van der Waals surface area (Å²) in [6.45, 7) is -0.00934. The van der Waals surface area contributed by atoms with E-state index in [1.165, 1.54) is 42.5 Å². The molecule has 0 bridgehead atoms. The van der Waals surface area contributed by atoms with E-state index in [0.717, 1.165) is 28.0 Å². The number of hydrogen-bond donors (Lipinski definition) is 0. The molecule has 1 fully saturated rings. The fourth-order valence-electron chi connectivity index (χ4n) is 2.19. The Morgan fingerprint density at radius 2 is 1.69 bits per heavy atom. The van der Waals surface area contributed by atoms with Gasteiger partial charge < -0.3 is 0 Å². The predicted octanol–water partition coefficient (Wildman–Crippen LogP) is 3.80. The molecule has 1 aromatic carbocycles. The highest BCUT2D eigenvalue weighted by Crippen LogP contribution is 2.35. The van der Waals surface area contributed by atoms with E-state index in [9.17, 15) is 29.8 Å². The molecule has 1 saturated heterocycles. The molecule has 2 heterocycles. The van der Waals surface area contributed by atoms with E-state index in [0.29, 0.717) is 10.4 Å². The van der Waals surface area contributed by atoms with Crippen LogP contribution < -0.4 is 0 Å². The van der Waals surface area contributed by atoms with Gasteiger partial charge in [-0.05, 0) is 29.5 Å². The molecular weight excluding hydrogens is 382 g/mol. The van der Waals surface area contributed by atoms with Crippen LogP contribution in [0.5, 0.6) is 0 Å². The Kier molecular flexibility index (Phi) is 4.82. The second-order valence-electron chi connectivity index (χ2n) is 5.12. The number of imide groups is 1. The quantitative estimate of drug-likeness (QED) is 0.431. The third-order valence-electron chi connectivity index (χ3n) is 3.43. The summed E-state index contributed by atoms with van der Waals surface area (Å²) in [5, 5.41) is 20.8. The molecule has 9 nitrogen and oxygen atoms in total. The van der Waals surface area contributed by atoms with Crippen LogP contribution in [0.3, 0.4) is 0 Å². The Balaban J connectivity index is 1.76. The van der Waals surface area contributed by atoms with Gasteiger partial charge in [0, 0.05) is 23.1 Å². The van der Waals surface area contributed by atoms with Crippen LogP contribution in [0.1, 0.15) is 10.4 Å². The lowest BCUT2D eigenvalue weighted by molar-refractivity contribution is -0.384. The highest BCUT2D eigenvalue weighted by atomic mass is 32.2. The summed E-state index contributed by atoms with van der Waals surface area (Å²) in [6.07, 6.45) is 1.44. The van der Waals surface area contributed by atoms with Crippen molar-refractivity contribution in [2.24, 2.45) is 0 Å². The van der Waals surface area contributed by atoms with Gasteiger partial charge in [0.25, 0.3) is 16.8 Å². The molecular formula is C15H9N3O6S2. The van der Waals surface area contributed by atoms with Gasteiger partial charge in [-0.25, -0.2) is 0 Å². The van der Waals surface area contributed by atoms with Crippen LogP contribution in [0.25, 0.3) is 6.08 Å². The molecule has 0 radical (unpaired) electrons. The molecule has 1 aliphatic heterocycles. The maximum atomic E-state index is 12.4. The van der Waals surface area contributed by atoms with Crippen LogP contribution in [-0.4, -0.2) is 25.9 Å². The standard InChI is InChI=1S/C15H9N3O6S2/c19-14-12(7-11-5-6-13(25-11)18(23)24)26-15(20)16(14)8-9-1-3-10(4-2-9)17(21)22/h1-7H,8H2/b12-7-. The van der Waals surface area contributed by atoms with Gasteiger partial charge in [-0.3, -0.25) is 34.7 Å². The number of nitrogens with zero attached hydrogens (tertiary/aromatic N) is 3. The van der Waals surface area contributed by atoms with E-state index < -0.39 is 21.0 Å². The van der Waals surface area contributed by atoms with Crippen molar-refractivity contribution in [3.05, 3.63) is 72.0 Å². The number of nitro groups is 2. The van der Waals surface area contributed by atoms with Crippen molar-refractivity contribution < 1.29 is 19.4 Å². The topological polar surface area (TPSA) is 124 Å². The Hall–Kier alpha value is -3.05. The molecule has 0 saturated carbocycles. The van der Waals surface area contributed by atoms with Crippen LogP contribution in [0.2, 0.25) is 0 Å². The first-order chi connectivity index (χ1) is 12.3. The third kappa shape index (κ3) is 3.63. The number of carbonyl (C=O) groups is 2. The minimum atomic E-state index is -0.535. The van der Waals surface area contributed by atoms with Gasteiger partial charge in [0.1, 0.15) is 0 Å². The number of non-ortho nitro benzene ring substituents is 1. The van der Waals surface area contributed by atoms with Crippen molar-refractivity contribution in [2.45, 2.75) is 6.54 Å². The van der Waals surface area contributed by atoms with Crippen LogP contribution in [0, 0.1) is 20.2 Å². The first-order valence-electron chi connectivity index (χ1n) is 7.08. The van der Waals surface area contributed by atoms with Gasteiger partial charge in [-0.1, -0.05) is 23.5 Å². The highest BCUT2D eigenvalue weighted by molar-refractivity contribution is 8.18. The molecule has 2 amide bonds. The molecule has 1 aromatic heterocycles. The number of benzene rings is 1. The van der Waals surface area contributed by atoms with Gasteiger partial charge in [0.15, 0.2) is 0 Å². The van der Waals surface area contributed by atoms with Crippen LogP contribution in [-0.2, 0) is 11.3 Å². The van der Waals surface area contributed by atoms with Gasteiger partial charge in [0.05, 0.1) is 21.3 Å². The smallest absolute Gasteiger partial charge is 0.268 e. The summed E-state index contributed by atoms with van der Waals surface area (Å²) in [7, 11) is 0. The van der Waals surface area contributed by atoms with Crippen molar-refractivity contribution in [2.75, 3.05) is 0 Å². The van der Waals surface area contributed by atoms with Gasteiger partial charge in [0.2, 0.25) is 0 Å². The molecule has 3 rings (SSSR count).